The van der Waals surface area contributed by atoms with Gasteiger partial charge < -0.3 is 14.7 Å². The zero-order chi connectivity index (χ0) is 18.8. The number of hydrogen-bond acceptors (Lipinski definition) is 6. The van der Waals surface area contributed by atoms with Crippen LogP contribution in [0.2, 0.25) is 0 Å². The maximum Gasteiger partial charge on any atom is 0.262 e. The molecule has 1 amide bonds. The van der Waals surface area contributed by atoms with E-state index in [-0.39, 0.29) is 28.1 Å². The summed E-state index contributed by atoms with van der Waals surface area (Å²) in [4.78, 5) is 35.1. The predicted molar refractivity (Wildman–Crippen MR) is 104 cm³/mol. The standard InChI is InChI=1S/C19H22N4O3S/c1-12-15(16-18(25)21-11-22-19(16)26-12)17(24)20-8-13-4-2-6-23(9-13)10-14-5-3-7-27-14/h3,5,7,11,13H,2,4,6,8-10H2,1H3,(H,20,24)(H,21,22,25). The van der Waals surface area contributed by atoms with Gasteiger partial charge in [0, 0.05) is 24.5 Å². The molecule has 0 aromatic carbocycles. The van der Waals surface area contributed by atoms with Gasteiger partial charge in [-0.25, -0.2) is 4.98 Å². The van der Waals surface area contributed by atoms with Gasteiger partial charge in [0.2, 0.25) is 5.71 Å². The molecule has 3 aromatic rings. The number of piperidine rings is 1. The molecule has 1 saturated heterocycles. The topological polar surface area (TPSA) is 91.2 Å². The van der Waals surface area contributed by atoms with Crippen LogP contribution >= 0.6 is 11.3 Å². The van der Waals surface area contributed by atoms with E-state index in [0.29, 0.717) is 18.2 Å². The monoisotopic (exact) mass is 386 g/mol. The number of H-pyrrole nitrogens is 1. The Balaban J connectivity index is 1.41. The number of nitrogens with zero attached hydrogens (tertiary/aromatic N) is 2. The first kappa shape index (κ1) is 17.9. The Morgan fingerprint density at radius 1 is 1.52 bits per heavy atom. The van der Waals surface area contributed by atoms with Crippen molar-refractivity contribution in [1.29, 1.82) is 0 Å². The maximum atomic E-state index is 12.7. The van der Waals surface area contributed by atoms with Gasteiger partial charge in [0.1, 0.15) is 11.1 Å². The predicted octanol–water partition coefficient (Wildman–Crippen LogP) is 2.53. The summed E-state index contributed by atoms with van der Waals surface area (Å²) in [6.07, 6.45) is 3.50. The van der Waals surface area contributed by atoms with Gasteiger partial charge in [-0.1, -0.05) is 6.07 Å². The number of amides is 1. The summed E-state index contributed by atoms with van der Waals surface area (Å²) in [7, 11) is 0. The molecule has 0 spiro atoms. The highest BCUT2D eigenvalue weighted by molar-refractivity contribution is 7.09. The largest absolute Gasteiger partial charge is 0.442 e. The summed E-state index contributed by atoms with van der Waals surface area (Å²) < 4.78 is 5.47. The third kappa shape index (κ3) is 3.81. The number of aromatic nitrogens is 2. The molecule has 8 heteroatoms. The fourth-order valence-corrected chi connectivity index (χ4v) is 4.48. The number of carbonyl (C=O) groups excluding carboxylic acids is 1. The van der Waals surface area contributed by atoms with Gasteiger partial charge in [-0.2, -0.15) is 0 Å². The number of rotatable bonds is 5. The Morgan fingerprint density at radius 2 is 2.41 bits per heavy atom. The lowest BCUT2D eigenvalue weighted by Crippen LogP contribution is -2.40. The van der Waals surface area contributed by atoms with Gasteiger partial charge in [-0.05, 0) is 43.7 Å². The lowest BCUT2D eigenvalue weighted by molar-refractivity contribution is 0.0930. The van der Waals surface area contributed by atoms with Gasteiger partial charge in [0.05, 0.1) is 11.9 Å². The zero-order valence-electron chi connectivity index (χ0n) is 15.2. The molecule has 1 fully saturated rings. The van der Waals surface area contributed by atoms with E-state index in [1.807, 2.05) is 0 Å². The van der Waals surface area contributed by atoms with E-state index in [1.54, 1.807) is 18.3 Å². The highest BCUT2D eigenvalue weighted by Gasteiger charge is 2.24. The summed E-state index contributed by atoms with van der Waals surface area (Å²) in [5.74, 6) is 0.535. The van der Waals surface area contributed by atoms with E-state index in [1.165, 1.54) is 11.2 Å². The average molecular weight is 386 g/mol. The van der Waals surface area contributed by atoms with Gasteiger partial charge in [-0.3, -0.25) is 14.5 Å². The number of furan rings is 1. The van der Waals surface area contributed by atoms with Crippen LogP contribution in [0.15, 0.2) is 33.1 Å². The van der Waals surface area contributed by atoms with Gasteiger partial charge >= 0.3 is 0 Å². The van der Waals surface area contributed by atoms with Crippen LogP contribution in [0.1, 0.15) is 33.8 Å². The SMILES string of the molecule is Cc1oc2nc[nH]c(=O)c2c1C(=O)NCC1CCCN(Cc2cccs2)C1. The second-order valence-corrected chi connectivity index (χ2v) is 8.01. The van der Waals surface area contributed by atoms with Crippen molar-refractivity contribution >= 4 is 28.3 Å². The van der Waals surface area contributed by atoms with Gasteiger partial charge in [0.25, 0.3) is 11.5 Å². The molecule has 1 aliphatic heterocycles. The number of fused-ring (bicyclic) bond motifs is 1. The van der Waals surface area contributed by atoms with Crippen molar-refractivity contribution in [2.24, 2.45) is 5.92 Å². The Hall–Kier alpha value is -2.45. The quantitative estimate of drug-likeness (QED) is 0.703. The first-order chi connectivity index (χ1) is 13.1. The third-order valence-electron chi connectivity index (χ3n) is 5.01. The van der Waals surface area contributed by atoms with Crippen LogP contribution in [0.3, 0.4) is 0 Å². The number of hydrogen-bond donors (Lipinski definition) is 2. The highest BCUT2D eigenvalue weighted by Crippen LogP contribution is 2.22. The average Bonchev–Trinajstić information content (AvgIpc) is 3.27. The molecule has 4 heterocycles. The summed E-state index contributed by atoms with van der Waals surface area (Å²) >= 11 is 1.78. The molecule has 2 N–H and O–H groups in total. The summed E-state index contributed by atoms with van der Waals surface area (Å²) in [5.41, 5.74) is 0.119. The molecule has 1 aliphatic rings. The van der Waals surface area contributed by atoms with Crippen LogP contribution < -0.4 is 10.9 Å². The zero-order valence-corrected chi connectivity index (χ0v) is 16.0. The lowest BCUT2D eigenvalue weighted by Gasteiger charge is -2.32. The van der Waals surface area contributed by atoms with E-state index in [0.717, 1.165) is 32.5 Å². The van der Waals surface area contributed by atoms with Crippen LogP contribution in [0, 0.1) is 12.8 Å². The molecule has 0 bridgehead atoms. The summed E-state index contributed by atoms with van der Waals surface area (Å²) in [6, 6.07) is 4.24. The Labute approximate surface area is 160 Å². The van der Waals surface area contributed by atoms with Crippen LogP contribution in [0.25, 0.3) is 11.1 Å². The molecule has 27 heavy (non-hydrogen) atoms. The van der Waals surface area contributed by atoms with E-state index >= 15 is 0 Å². The normalized spacial score (nSPS) is 18.0. The molecule has 0 radical (unpaired) electrons. The Kier molecular flexibility index (Phi) is 5.09. The van der Waals surface area contributed by atoms with E-state index < -0.39 is 0 Å². The molecule has 0 saturated carbocycles. The second kappa shape index (κ2) is 7.66. The van der Waals surface area contributed by atoms with Crippen molar-refractivity contribution in [2.45, 2.75) is 26.3 Å². The second-order valence-electron chi connectivity index (χ2n) is 6.98. The minimum Gasteiger partial charge on any atom is -0.442 e. The summed E-state index contributed by atoms with van der Waals surface area (Å²) in [6.45, 7) is 5.29. The molecule has 0 aliphatic carbocycles. The fourth-order valence-electron chi connectivity index (χ4n) is 3.74. The smallest absolute Gasteiger partial charge is 0.262 e. The van der Waals surface area contributed by atoms with Crippen molar-refractivity contribution in [3.8, 4) is 0 Å². The molecule has 3 aromatic heterocycles. The van der Waals surface area contributed by atoms with E-state index in [2.05, 4.69) is 37.7 Å². The number of carbonyl (C=O) groups is 1. The minimum absolute atomic E-state index is 0.196. The number of thiophene rings is 1. The molecule has 1 atom stereocenters. The molecule has 142 valence electrons. The third-order valence-corrected chi connectivity index (χ3v) is 5.87. The molecular weight excluding hydrogens is 364 g/mol. The van der Waals surface area contributed by atoms with Crippen molar-refractivity contribution < 1.29 is 9.21 Å². The first-order valence-corrected chi connectivity index (χ1v) is 9.99. The molecule has 1 unspecified atom stereocenters. The molecule has 4 rings (SSSR count). The van der Waals surface area contributed by atoms with Crippen LogP contribution in [0.4, 0.5) is 0 Å². The van der Waals surface area contributed by atoms with Crippen molar-refractivity contribution in [2.75, 3.05) is 19.6 Å². The number of likely N-dealkylation sites (tertiary alicyclic amines) is 1. The van der Waals surface area contributed by atoms with Crippen LogP contribution in [0.5, 0.6) is 0 Å². The number of aryl methyl sites for hydroxylation is 1. The van der Waals surface area contributed by atoms with Crippen molar-refractivity contribution in [3.63, 3.8) is 0 Å². The van der Waals surface area contributed by atoms with Gasteiger partial charge in [-0.15, -0.1) is 11.3 Å². The Morgan fingerprint density at radius 3 is 3.22 bits per heavy atom. The summed E-state index contributed by atoms with van der Waals surface area (Å²) in [5, 5.41) is 5.31. The lowest BCUT2D eigenvalue weighted by atomic mass is 9.97. The van der Waals surface area contributed by atoms with Crippen molar-refractivity contribution in [1.82, 2.24) is 20.2 Å². The molecule has 7 nitrogen and oxygen atoms in total. The van der Waals surface area contributed by atoms with Crippen LogP contribution in [-0.2, 0) is 6.54 Å². The Bertz CT molecular complexity index is 992. The van der Waals surface area contributed by atoms with E-state index in [9.17, 15) is 9.59 Å². The molecular formula is C19H22N4O3S. The first-order valence-electron chi connectivity index (χ1n) is 9.11. The number of aromatic amines is 1. The maximum absolute atomic E-state index is 12.7. The van der Waals surface area contributed by atoms with Gasteiger partial charge in [0.15, 0.2) is 0 Å². The number of nitrogens with one attached hydrogen (secondary N) is 2. The van der Waals surface area contributed by atoms with Crippen molar-refractivity contribution in [3.05, 3.63) is 50.4 Å². The van der Waals surface area contributed by atoms with Crippen LogP contribution in [-0.4, -0.2) is 40.4 Å². The minimum atomic E-state index is -0.359. The van der Waals surface area contributed by atoms with E-state index in [4.69, 9.17) is 4.42 Å². The highest BCUT2D eigenvalue weighted by atomic mass is 32.1. The fraction of sp³-hybridized carbons (Fsp3) is 0.421.